The van der Waals surface area contributed by atoms with Crippen LogP contribution in [0.4, 0.5) is 8.78 Å². The maximum Gasteiger partial charge on any atom is 0.166 e. The minimum atomic E-state index is -0.802. The Kier molecular flexibility index (Phi) is 7.87. The largest absolute Gasteiger partial charge is 0.373 e. The molecule has 1 aliphatic heterocycles. The van der Waals surface area contributed by atoms with Crippen LogP contribution in [0.2, 0.25) is 0 Å². The van der Waals surface area contributed by atoms with Crippen LogP contribution in [0.25, 0.3) is 11.1 Å². The molecule has 0 spiro atoms. The lowest BCUT2D eigenvalue weighted by molar-refractivity contribution is 0.00159. The summed E-state index contributed by atoms with van der Waals surface area (Å²) < 4.78 is 34.8. The average molecular weight is 450 g/mol. The third kappa shape index (κ3) is 5.50. The first-order chi connectivity index (χ1) is 16.1. The van der Waals surface area contributed by atoms with Crippen molar-refractivity contribution >= 4 is 0 Å². The van der Waals surface area contributed by atoms with Crippen LogP contribution in [0.3, 0.4) is 0 Å². The number of ether oxygens (including phenoxy) is 1. The highest BCUT2D eigenvalue weighted by Crippen LogP contribution is 2.35. The zero-order valence-corrected chi connectivity index (χ0v) is 19.6. The maximum absolute atomic E-state index is 14.5. The number of hydrogen-bond acceptors (Lipinski definition) is 2. The molecule has 174 valence electrons. The summed E-state index contributed by atoms with van der Waals surface area (Å²) in [7, 11) is 0. The Bertz CT molecular complexity index is 1040. The molecule has 1 fully saturated rings. The van der Waals surface area contributed by atoms with Gasteiger partial charge in [0.05, 0.1) is 12.7 Å². The van der Waals surface area contributed by atoms with Crippen LogP contribution in [-0.2, 0) is 17.6 Å². The van der Waals surface area contributed by atoms with E-state index in [4.69, 9.17) is 4.74 Å². The lowest BCUT2D eigenvalue weighted by Crippen LogP contribution is -2.20. The molecule has 0 bridgehead atoms. The number of halogens is 2. The number of hydrogen-bond donors (Lipinski definition) is 0. The monoisotopic (exact) mass is 449 g/mol. The van der Waals surface area contributed by atoms with Gasteiger partial charge < -0.3 is 4.74 Å². The van der Waals surface area contributed by atoms with Crippen LogP contribution < -0.4 is 0 Å². The Labute approximate surface area is 196 Å². The predicted molar refractivity (Wildman–Crippen MR) is 129 cm³/mol. The molecule has 2 aromatic carbocycles. The minimum Gasteiger partial charge on any atom is -0.373 e. The molecule has 1 aromatic heterocycles. The molecule has 0 saturated carbocycles. The fourth-order valence-corrected chi connectivity index (χ4v) is 4.62. The van der Waals surface area contributed by atoms with E-state index in [2.05, 4.69) is 36.2 Å². The van der Waals surface area contributed by atoms with Crippen LogP contribution in [0.1, 0.15) is 80.4 Å². The number of rotatable bonds is 8. The number of aryl methyl sites for hydroxylation is 2. The molecular formula is C29H33F2NO. The Hall–Kier alpha value is -2.59. The second kappa shape index (κ2) is 11.0. The van der Waals surface area contributed by atoms with Crippen LogP contribution in [0.5, 0.6) is 0 Å². The zero-order valence-electron chi connectivity index (χ0n) is 19.6. The van der Waals surface area contributed by atoms with Crippen molar-refractivity contribution in [3.05, 3.63) is 88.7 Å². The molecule has 2 unspecified atom stereocenters. The molecule has 0 amide bonds. The molecule has 33 heavy (non-hydrogen) atoms. The van der Waals surface area contributed by atoms with Gasteiger partial charge in [-0.2, -0.15) is 0 Å². The SMILES string of the molecule is CCCCCc1ccc(C2CCC(c3ccc(-c4ccc(CC)c(F)c4F)cn3)CO2)cc1. The predicted octanol–water partition coefficient (Wildman–Crippen LogP) is 7.96. The number of nitrogens with zero attached hydrogens (tertiary/aromatic N) is 1. The molecule has 1 saturated heterocycles. The van der Waals surface area contributed by atoms with Crippen molar-refractivity contribution in [2.75, 3.05) is 6.61 Å². The Morgan fingerprint density at radius 2 is 1.73 bits per heavy atom. The number of unbranched alkanes of at least 4 members (excludes halogenated alkanes) is 2. The molecule has 2 heterocycles. The molecule has 0 aliphatic carbocycles. The van der Waals surface area contributed by atoms with E-state index in [0.717, 1.165) is 25.0 Å². The number of aromatic nitrogens is 1. The van der Waals surface area contributed by atoms with Gasteiger partial charge >= 0.3 is 0 Å². The van der Waals surface area contributed by atoms with E-state index < -0.39 is 11.6 Å². The maximum atomic E-state index is 14.5. The van der Waals surface area contributed by atoms with Gasteiger partial charge in [0.2, 0.25) is 0 Å². The Morgan fingerprint density at radius 3 is 2.36 bits per heavy atom. The van der Waals surface area contributed by atoms with E-state index >= 15 is 0 Å². The average Bonchev–Trinajstić information content (AvgIpc) is 2.87. The summed E-state index contributed by atoms with van der Waals surface area (Å²) in [4.78, 5) is 4.57. The molecule has 1 aliphatic rings. The smallest absolute Gasteiger partial charge is 0.166 e. The molecular weight excluding hydrogens is 416 g/mol. The van der Waals surface area contributed by atoms with Crippen LogP contribution in [-0.4, -0.2) is 11.6 Å². The highest BCUT2D eigenvalue weighted by molar-refractivity contribution is 5.64. The Morgan fingerprint density at radius 1 is 0.909 bits per heavy atom. The summed E-state index contributed by atoms with van der Waals surface area (Å²) in [6.45, 7) is 4.66. The summed E-state index contributed by atoms with van der Waals surface area (Å²) in [6.07, 6.45) is 9.07. The molecule has 4 rings (SSSR count). The molecule has 4 heteroatoms. The summed E-state index contributed by atoms with van der Waals surface area (Å²) in [5.41, 5.74) is 4.80. The normalized spacial score (nSPS) is 18.4. The van der Waals surface area contributed by atoms with E-state index in [1.165, 1.54) is 30.4 Å². The van der Waals surface area contributed by atoms with Gasteiger partial charge in [-0.1, -0.05) is 69.2 Å². The summed E-state index contributed by atoms with van der Waals surface area (Å²) >= 11 is 0. The third-order valence-corrected chi connectivity index (χ3v) is 6.76. The summed E-state index contributed by atoms with van der Waals surface area (Å²) in [6, 6.07) is 15.9. The van der Waals surface area contributed by atoms with E-state index in [1.54, 1.807) is 18.3 Å². The van der Waals surface area contributed by atoms with Crippen LogP contribution in [0, 0.1) is 11.6 Å². The first-order valence-corrected chi connectivity index (χ1v) is 12.2. The van der Waals surface area contributed by atoms with E-state index in [9.17, 15) is 8.78 Å². The second-order valence-electron chi connectivity index (χ2n) is 9.02. The van der Waals surface area contributed by atoms with Crippen molar-refractivity contribution in [3.8, 4) is 11.1 Å². The third-order valence-electron chi connectivity index (χ3n) is 6.76. The van der Waals surface area contributed by atoms with Crippen molar-refractivity contribution in [1.29, 1.82) is 0 Å². The molecule has 2 atom stereocenters. The fraction of sp³-hybridized carbons (Fsp3) is 0.414. The lowest BCUT2D eigenvalue weighted by Gasteiger charge is -2.29. The Balaban J connectivity index is 1.36. The van der Waals surface area contributed by atoms with Crippen molar-refractivity contribution < 1.29 is 13.5 Å². The number of pyridine rings is 1. The van der Waals surface area contributed by atoms with Gasteiger partial charge in [-0.05, 0) is 54.9 Å². The fourth-order valence-electron chi connectivity index (χ4n) is 4.62. The lowest BCUT2D eigenvalue weighted by atomic mass is 9.91. The number of benzene rings is 2. The molecule has 0 radical (unpaired) electrons. The standard InChI is InChI=1S/C29H33F2NO/c1-3-5-6-7-20-8-10-22(11-9-20)27-17-14-24(19-33-27)26-16-13-23(18-32-26)25-15-12-21(4-2)28(30)29(25)31/h8-13,15-16,18,24,27H,3-7,14,17,19H2,1-2H3. The highest BCUT2D eigenvalue weighted by Gasteiger charge is 2.25. The van der Waals surface area contributed by atoms with E-state index in [-0.39, 0.29) is 17.6 Å². The quantitative estimate of drug-likeness (QED) is 0.325. The van der Waals surface area contributed by atoms with Crippen molar-refractivity contribution in [1.82, 2.24) is 4.98 Å². The van der Waals surface area contributed by atoms with Gasteiger partial charge in [0.15, 0.2) is 11.6 Å². The molecule has 0 N–H and O–H groups in total. The van der Waals surface area contributed by atoms with Crippen molar-refractivity contribution in [2.45, 2.75) is 70.8 Å². The summed E-state index contributed by atoms with van der Waals surface area (Å²) in [5.74, 6) is -1.35. The van der Waals surface area contributed by atoms with E-state index in [0.29, 0.717) is 24.2 Å². The first-order valence-electron chi connectivity index (χ1n) is 12.2. The zero-order chi connectivity index (χ0) is 23.2. The minimum absolute atomic E-state index is 0.124. The van der Waals surface area contributed by atoms with Crippen LogP contribution >= 0.6 is 0 Å². The van der Waals surface area contributed by atoms with Gasteiger partial charge in [0, 0.05) is 28.9 Å². The van der Waals surface area contributed by atoms with Gasteiger partial charge in [-0.3, -0.25) is 4.98 Å². The molecule has 2 nitrogen and oxygen atoms in total. The second-order valence-corrected chi connectivity index (χ2v) is 9.02. The first kappa shape index (κ1) is 23.6. The van der Waals surface area contributed by atoms with Gasteiger partial charge in [0.25, 0.3) is 0 Å². The summed E-state index contributed by atoms with van der Waals surface area (Å²) in [5, 5.41) is 0. The highest BCUT2D eigenvalue weighted by atomic mass is 19.2. The van der Waals surface area contributed by atoms with Gasteiger partial charge in [0.1, 0.15) is 0 Å². The topological polar surface area (TPSA) is 22.1 Å². The van der Waals surface area contributed by atoms with Gasteiger partial charge in [-0.25, -0.2) is 8.78 Å². The molecule has 3 aromatic rings. The van der Waals surface area contributed by atoms with Crippen molar-refractivity contribution in [3.63, 3.8) is 0 Å². The van der Waals surface area contributed by atoms with Crippen LogP contribution in [0.15, 0.2) is 54.7 Å². The van der Waals surface area contributed by atoms with Gasteiger partial charge in [-0.15, -0.1) is 0 Å². The van der Waals surface area contributed by atoms with Crippen molar-refractivity contribution in [2.24, 2.45) is 0 Å². The van der Waals surface area contributed by atoms with E-state index in [1.807, 2.05) is 19.1 Å².